The Balaban J connectivity index is 1.94. The molecule has 2 aromatic heterocycles. The van der Waals surface area contributed by atoms with Gasteiger partial charge in [0.25, 0.3) is 0 Å². The first kappa shape index (κ1) is 19.0. The molecule has 0 radical (unpaired) electrons. The summed E-state index contributed by atoms with van der Waals surface area (Å²) in [6.45, 7) is 7.31. The van der Waals surface area contributed by atoms with E-state index in [2.05, 4.69) is 16.5 Å². The van der Waals surface area contributed by atoms with Gasteiger partial charge in [0.05, 0.1) is 12.3 Å². The Labute approximate surface area is 161 Å². The number of aryl methyl sites for hydroxylation is 2. The largest absolute Gasteiger partial charge is 0.423 e. The molecule has 1 aromatic carbocycles. The van der Waals surface area contributed by atoms with Crippen LogP contribution in [0.4, 0.5) is 0 Å². The monoisotopic (exact) mass is 392 g/mol. The van der Waals surface area contributed by atoms with E-state index in [-0.39, 0.29) is 5.63 Å². The fraction of sp³-hybridized carbons (Fsp3) is 0.368. The van der Waals surface area contributed by atoms with Crippen LogP contribution < -0.4 is 5.63 Å². The number of fused-ring (bicyclic) bond motifs is 1. The van der Waals surface area contributed by atoms with Gasteiger partial charge in [0.1, 0.15) is 5.58 Å². The average Bonchev–Trinajstić information content (AvgIpc) is 2.86. The van der Waals surface area contributed by atoms with E-state index >= 15 is 0 Å². The molecule has 7 heteroatoms. The average molecular weight is 393 g/mol. The molecule has 0 aliphatic carbocycles. The van der Waals surface area contributed by atoms with E-state index in [1.165, 1.54) is 6.07 Å². The fourth-order valence-electron chi connectivity index (χ4n) is 2.79. The van der Waals surface area contributed by atoms with E-state index in [1.807, 2.05) is 19.9 Å². The van der Waals surface area contributed by atoms with Crippen molar-refractivity contribution in [2.45, 2.75) is 38.2 Å². The van der Waals surface area contributed by atoms with Crippen LogP contribution in [0.25, 0.3) is 11.0 Å². The molecule has 138 valence electrons. The Bertz CT molecular complexity index is 1010. The topological polar surface area (TPSA) is 57.3 Å². The van der Waals surface area contributed by atoms with Crippen LogP contribution in [0, 0.1) is 20.8 Å². The van der Waals surface area contributed by atoms with E-state index in [9.17, 15) is 4.79 Å². The fourth-order valence-corrected chi connectivity index (χ4v) is 4.06. The first-order chi connectivity index (χ1) is 12.4. The van der Waals surface area contributed by atoms with Gasteiger partial charge in [-0.05, 0) is 44.0 Å². The molecule has 3 aromatic rings. The Morgan fingerprint density at radius 1 is 1.27 bits per heavy atom. The Hall–Kier alpha value is -1.76. The first-order valence-corrected chi connectivity index (χ1v) is 9.65. The van der Waals surface area contributed by atoms with Crippen LogP contribution in [0.2, 0.25) is 5.02 Å². The highest BCUT2D eigenvalue weighted by Crippen LogP contribution is 2.30. The second-order valence-electron chi connectivity index (χ2n) is 6.19. The lowest BCUT2D eigenvalue weighted by atomic mass is 10.1. The lowest BCUT2D eigenvalue weighted by Gasteiger charge is -2.10. The van der Waals surface area contributed by atoms with E-state index in [1.54, 1.807) is 24.9 Å². The number of benzene rings is 1. The number of ether oxygens (including phenoxy) is 1. The summed E-state index contributed by atoms with van der Waals surface area (Å²) in [5.74, 6) is 0.602. The molecular weight excluding hydrogens is 372 g/mol. The van der Waals surface area contributed by atoms with Crippen molar-refractivity contribution >= 4 is 34.3 Å². The molecule has 0 amide bonds. The van der Waals surface area contributed by atoms with E-state index in [0.717, 1.165) is 39.6 Å². The summed E-state index contributed by atoms with van der Waals surface area (Å²) in [5, 5.41) is 2.43. The van der Waals surface area contributed by atoms with E-state index < -0.39 is 0 Å². The molecule has 0 atom stereocenters. The van der Waals surface area contributed by atoms with Crippen molar-refractivity contribution in [3.05, 3.63) is 56.2 Å². The molecule has 0 spiro atoms. The highest BCUT2D eigenvalue weighted by atomic mass is 35.5. The van der Waals surface area contributed by atoms with Crippen LogP contribution in [-0.2, 0) is 17.0 Å². The third-order valence-corrected chi connectivity index (χ3v) is 5.84. The summed E-state index contributed by atoms with van der Waals surface area (Å²) in [6, 6.07) is 5.20. The number of rotatable bonds is 6. The molecule has 0 fully saturated rings. The van der Waals surface area contributed by atoms with Crippen molar-refractivity contribution in [1.82, 2.24) is 9.55 Å². The molecule has 0 saturated carbocycles. The maximum atomic E-state index is 11.9. The predicted octanol–water partition coefficient (Wildman–Crippen LogP) is 4.51. The second-order valence-corrected chi connectivity index (χ2v) is 7.54. The van der Waals surface area contributed by atoms with E-state index in [4.69, 9.17) is 20.8 Å². The van der Waals surface area contributed by atoms with Gasteiger partial charge in [-0.3, -0.25) is 0 Å². The van der Waals surface area contributed by atoms with Gasteiger partial charge in [0, 0.05) is 41.6 Å². The van der Waals surface area contributed by atoms with Crippen LogP contribution in [0.15, 0.2) is 32.6 Å². The number of nitrogens with zero attached hydrogens (tertiary/aromatic N) is 2. The number of halogens is 1. The zero-order valence-corrected chi connectivity index (χ0v) is 16.8. The molecule has 0 aliphatic heterocycles. The van der Waals surface area contributed by atoms with Crippen LogP contribution >= 0.6 is 23.4 Å². The van der Waals surface area contributed by atoms with Gasteiger partial charge in [-0.15, -0.1) is 0 Å². The van der Waals surface area contributed by atoms with Crippen LogP contribution in [0.3, 0.4) is 0 Å². The van der Waals surface area contributed by atoms with Crippen molar-refractivity contribution in [3.63, 3.8) is 0 Å². The number of thioether (sulfide) groups is 1. The van der Waals surface area contributed by atoms with Crippen LogP contribution in [0.5, 0.6) is 0 Å². The van der Waals surface area contributed by atoms with Gasteiger partial charge in [0.15, 0.2) is 5.16 Å². The highest BCUT2D eigenvalue weighted by molar-refractivity contribution is 7.98. The van der Waals surface area contributed by atoms with Crippen molar-refractivity contribution < 1.29 is 9.15 Å². The SMILES string of the molecule is COCCn1c(SCc2cc(=O)oc3cc(C)c(Cl)cc23)nc(C)c1C. The summed E-state index contributed by atoms with van der Waals surface area (Å²) in [4.78, 5) is 16.6. The number of hydrogen-bond donors (Lipinski definition) is 0. The first-order valence-electron chi connectivity index (χ1n) is 8.29. The van der Waals surface area contributed by atoms with Gasteiger partial charge in [-0.2, -0.15) is 0 Å². The summed E-state index contributed by atoms with van der Waals surface area (Å²) >= 11 is 7.86. The molecule has 0 bridgehead atoms. The highest BCUT2D eigenvalue weighted by Gasteiger charge is 2.14. The molecule has 2 heterocycles. The second kappa shape index (κ2) is 7.86. The molecule has 3 rings (SSSR count). The van der Waals surface area contributed by atoms with Crippen molar-refractivity contribution in [3.8, 4) is 0 Å². The lowest BCUT2D eigenvalue weighted by molar-refractivity contribution is 0.184. The minimum absolute atomic E-state index is 0.357. The Kier molecular flexibility index (Phi) is 5.75. The smallest absolute Gasteiger partial charge is 0.336 e. The van der Waals surface area contributed by atoms with Gasteiger partial charge in [-0.1, -0.05) is 23.4 Å². The molecule has 0 aliphatic rings. The standard InChI is InChI=1S/C19H21ClN2O3S/c1-11-7-17-15(9-16(11)20)14(8-18(23)25-17)10-26-19-21-12(2)13(3)22(19)5-6-24-4/h7-9H,5-6,10H2,1-4H3. The van der Waals surface area contributed by atoms with Crippen LogP contribution in [-0.4, -0.2) is 23.3 Å². The van der Waals surface area contributed by atoms with Crippen molar-refractivity contribution in [2.24, 2.45) is 0 Å². The Morgan fingerprint density at radius 3 is 2.77 bits per heavy atom. The zero-order valence-electron chi connectivity index (χ0n) is 15.3. The zero-order chi connectivity index (χ0) is 18.8. The third kappa shape index (κ3) is 3.82. The van der Waals surface area contributed by atoms with Gasteiger partial charge in [-0.25, -0.2) is 9.78 Å². The minimum Gasteiger partial charge on any atom is -0.423 e. The number of methoxy groups -OCH3 is 1. The maximum Gasteiger partial charge on any atom is 0.336 e. The van der Waals surface area contributed by atoms with Gasteiger partial charge < -0.3 is 13.7 Å². The van der Waals surface area contributed by atoms with Gasteiger partial charge in [0.2, 0.25) is 0 Å². The van der Waals surface area contributed by atoms with Gasteiger partial charge >= 0.3 is 5.63 Å². The molecular formula is C19H21ClN2O3S. The van der Waals surface area contributed by atoms with Crippen molar-refractivity contribution in [2.75, 3.05) is 13.7 Å². The number of aromatic nitrogens is 2. The quantitative estimate of drug-likeness (QED) is 0.456. The summed E-state index contributed by atoms with van der Waals surface area (Å²) in [5.41, 5.74) is 4.10. The molecule has 0 unspecified atom stereocenters. The number of imidazole rings is 1. The molecule has 26 heavy (non-hydrogen) atoms. The molecule has 0 N–H and O–H groups in total. The summed E-state index contributed by atoms with van der Waals surface area (Å²) in [6.07, 6.45) is 0. The minimum atomic E-state index is -0.357. The lowest BCUT2D eigenvalue weighted by Crippen LogP contribution is -2.07. The maximum absolute atomic E-state index is 11.9. The molecule has 5 nitrogen and oxygen atoms in total. The normalized spacial score (nSPS) is 11.4. The molecule has 0 saturated heterocycles. The Morgan fingerprint density at radius 2 is 2.04 bits per heavy atom. The summed E-state index contributed by atoms with van der Waals surface area (Å²) in [7, 11) is 1.69. The number of hydrogen-bond acceptors (Lipinski definition) is 5. The van der Waals surface area contributed by atoms with E-state index in [0.29, 0.717) is 23.0 Å². The predicted molar refractivity (Wildman–Crippen MR) is 105 cm³/mol. The third-order valence-electron chi connectivity index (χ3n) is 4.41. The van der Waals surface area contributed by atoms with Crippen molar-refractivity contribution in [1.29, 1.82) is 0 Å². The summed E-state index contributed by atoms with van der Waals surface area (Å²) < 4.78 is 12.7. The van der Waals surface area contributed by atoms with Crippen LogP contribution in [0.1, 0.15) is 22.5 Å².